The summed E-state index contributed by atoms with van der Waals surface area (Å²) in [5, 5.41) is 0. The molecule has 1 aromatic heterocycles. The van der Waals surface area contributed by atoms with Crippen LogP contribution in [0.4, 0.5) is 0 Å². The summed E-state index contributed by atoms with van der Waals surface area (Å²) < 4.78 is 0. The van der Waals surface area contributed by atoms with E-state index in [4.69, 9.17) is 0 Å². The van der Waals surface area contributed by atoms with Gasteiger partial charge in [0.15, 0.2) is 5.78 Å². The second-order valence-corrected chi connectivity index (χ2v) is 3.73. The van der Waals surface area contributed by atoms with Gasteiger partial charge in [-0.3, -0.25) is 14.6 Å². The average Bonchev–Trinajstić information content (AvgIpc) is 2.39. The predicted molar refractivity (Wildman–Crippen MR) is 65.1 cm³/mol. The molecule has 0 aliphatic rings. The van der Waals surface area contributed by atoms with Crippen molar-refractivity contribution in [2.24, 2.45) is 0 Å². The van der Waals surface area contributed by atoms with Gasteiger partial charge in [0.1, 0.15) is 12.0 Å². The van der Waals surface area contributed by atoms with Crippen LogP contribution in [0.15, 0.2) is 42.6 Å². The number of benzene rings is 1. The van der Waals surface area contributed by atoms with Crippen molar-refractivity contribution in [2.45, 2.75) is 6.92 Å². The molecular formula is C14H11NO2. The van der Waals surface area contributed by atoms with Crippen LogP contribution in [-0.2, 0) is 0 Å². The molecule has 0 atom stereocenters. The van der Waals surface area contributed by atoms with E-state index in [9.17, 15) is 9.59 Å². The third-order valence-corrected chi connectivity index (χ3v) is 2.48. The van der Waals surface area contributed by atoms with Gasteiger partial charge < -0.3 is 0 Å². The topological polar surface area (TPSA) is 47.0 Å². The molecule has 3 nitrogen and oxygen atoms in total. The molecule has 0 saturated heterocycles. The molecule has 0 bridgehead atoms. The summed E-state index contributed by atoms with van der Waals surface area (Å²) >= 11 is 0. The van der Waals surface area contributed by atoms with Crippen molar-refractivity contribution >= 4 is 12.1 Å². The Morgan fingerprint density at radius 3 is 2.59 bits per heavy atom. The van der Waals surface area contributed by atoms with Crippen molar-refractivity contribution in [1.82, 2.24) is 4.98 Å². The molecular weight excluding hydrogens is 214 g/mol. The Hall–Kier alpha value is -2.29. The molecule has 0 radical (unpaired) electrons. The minimum absolute atomic E-state index is 0.0572. The Bertz CT molecular complexity index is 559. The summed E-state index contributed by atoms with van der Waals surface area (Å²) in [6.07, 6.45) is 2.45. The van der Waals surface area contributed by atoms with E-state index in [1.165, 1.54) is 6.92 Å². The number of aldehydes is 1. The van der Waals surface area contributed by atoms with Gasteiger partial charge in [-0.05, 0) is 17.7 Å². The van der Waals surface area contributed by atoms with Gasteiger partial charge in [0.25, 0.3) is 0 Å². The summed E-state index contributed by atoms with van der Waals surface area (Å²) in [7, 11) is 0. The number of aromatic nitrogens is 1. The number of carbonyl (C=O) groups is 2. The van der Waals surface area contributed by atoms with Crippen LogP contribution in [-0.4, -0.2) is 17.1 Å². The van der Waals surface area contributed by atoms with Gasteiger partial charge in [-0.2, -0.15) is 0 Å². The molecule has 2 aromatic rings. The van der Waals surface area contributed by atoms with Crippen molar-refractivity contribution in [2.75, 3.05) is 0 Å². The van der Waals surface area contributed by atoms with E-state index >= 15 is 0 Å². The summed E-state index contributed by atoms with van der Waals surface area (Å²) in [6.45, 7) is 1.48. The van der Waals surface area contributed by atoms with E-state index in [1.54, 1.807) is 24.4 Å². The summed E-state index contributed by atoms with van der Waals surface area (Å²) in [5.74, 6) is -0.0572. The van der Waals surface area contributed by atoms with Crippen LogP contribution in [0, 0.1) is 0 Å². The molecule has 2 rings (SSSR count). The normalized spacial score (nSPS) is 9.94. The Balaban J connectivity index is 2.39. The second kappa shape index (κ2) is 4.70. The van der Waals surface area contributed by atoms with Gasteiger partial charge >= 0.3 is 0 Å². The Morgan fingerprint density at radius 2 is 2.00 bits per heavy atom. The minimum atomic E-state index is -0.0572. The Morgan fingerprint density at radius 1 is 1.18 bits per heavy atom. The SMILES string of the molecule is CC(=O)c1ccc(-c2cccc(C=O)c2)cn1. The molecule has 0 amide bonds. The van der Waals surface area contributed by atoms with E-state index in [0.717, 1.165) is 17.4 Å². The van der Waals surface area contributed by atoms with Gasteiger partial charge in [0.05, 0.1) is 0 Å². The summed E-state index contributed by atoms with van der Waals surface area (Å²) in [5.41, 5.74) is 2.87. The number of Topliss-reactive ketones (excluding diaryl/α,β-unsaturated/α-hetero) is 1. The number of carbonyl (C=O) groups excluding carboxylic acids is 2. The number of hydrogen-bond donors (Lipinski definition) is 0. The Labute approximate surface area is 99.1 Å². The molecule has 0 fully saturated rings. The highest BCUT2D eigenvalue weighted by molar-refractivity contribution is 5.92. The highest BCUT2D eigenvalue weighted by Gasteiger charge is 2.02. The maximum atomic E-state index is 11.1. The molecule has 0 aliphatic carbocycles. The van der Waals surface area contributed by atoms with Crippen LogP contribution in [0.1, 0.15) is 27.8 Å². The zero-order valence-corrected chi connectivity index (χ0v) is 9.38. The standard InChI is InChI=1S/C14H11NO2/c1-10(17)14-6-5-13(8-15-14)12-4-2-3-11(7-12)9-16/h2-9H,1H3. The van der Waals surface area contributed by atoms with Gasteiger partial charge in [0, 0.05) is 24.2 Å². The van der Waals surface area contributed by atoms with Crippen molar-refractivity contribution in [3.05, 3.63) is 53.9 Å². The summed E-state index contributed by atoms with van der Waals surface area (Å²) in [6, 6.07) is 10.8. The third-order valence-electron chi connectivity index (χ3n) is 2.48. The number of ketones is 1. The van der Waals surface area contributed by atoms with Crippen LogP contribution in [0.3, 0.4) is 0 Å². The zero-order chi connectivity index (χ0) is 12.3. The van der Waals surface area contributed by atoms with Crippen molar-refractivity contribution in [1.29, 1.82) is 0 Å². The van der Waals surface area contributed by atoms with E-state index in [2.05, 4.69) is 4.98 Å². The molecule has 1 aromatic carbocycles. The van der Waals surface area contributed by atoms with E-state index in [1.807, 2.05) is 18.2 Å². The molecule has 1 heterocycles. The minimum Gasteiger partial charge on any atom is -0.298 e. The van der Waals surface area contributed by atoms with E-state index in [0.29, 0.717) is 11.3 Å². The molecule has 0 N–H and O–H groups in total. The highest BCUT2D eigenvalue weighted by atomic mass is 16.1. The highest BCUT2D eigenvalue weighted by Crippen LogP contribution is 2.19. The first-order valence-electron chi connectivity index (χ1n) is 5.23. The number of nitrogens with zero attached hydrogens (tertiary/aromatic N) is 1. The quantitative estimate of drug-likeness (QED) is 0.596. The lowest BCUT2D eigenvalue weighted by Gasteiger charge is -2.02. The molecule has 0 spiro atoms. The average molecular weight is 225 g/mol. The van der Waals surface area contributed by atoms with Crippen LogP contribution in [0.5, 0.6) is 0 Å². The largest absolute Gasteiger partial charge is 0.298 e. The predicted octanol–water partition coefficient (Wildman–Crippen LogP) is 2.76. The zero-order valence-electron chi connectivity index (χ0n) is 9.38. The number of rotatable bonds is 3. The first-order chi connectivity index (χ1) is 8.20. The smallest absolute Gasteiger partial charge is 0.178 e. The van der Waals surface area contributed by atoms with Gasteiger partial charge in [-0.15, -0.1) is 0 Å². The lowest BCUT2D eigenvalue weighted by atomic mass is 10.0. The van der Waals surface area contributed by atoms with Crippen molar-refractivity contribution in [3.63, 3.8) is 0 Å². The first-order valence-corrected chi connectivity index (χ1v) is 5.23. The van der Waals surface area contributed by atoms with Gasteiger partial charge in [-0.1, -0.05) is 24.3 Å². The molecule has 84 valence electrons. The van der Waals surface area contributed by atoms with Crippen molar-refractivity contribution in [3.8, 4) is 11.1 Å². The van der Waals surface area contributed by atoms with Crippen molar-refractivity contribution < 1.29 is 9.59 Å². The van der Waals surface area contributed by atoms with Crippen LogP contribution in [0.2, 0.25) is 0 Å². The molecule has 17 heavy (non-hydrogen) atoms. The third kappa shape index (κ3) is 2.45. The van der Waals surface area contributed by atoms with Crippen LogP contribution in [0.25, 0.3) is 11.1 Å². The fourth-order valence-corrected chi connectivity index (χ4v) is 1.56. The van der Waals surface area contributed by atoms with Gasteiger partial charge in [0.2, 0.25) is 0 Å². The fourth-order valence-electron chi connectivity index (χ4n) is 1.56. The Kier molecular flexibility index (Phi) is 3.10. The van der Waals surface area contributed by atoms with E-state index < -0.39 is 0 Å². The number of pyridine rings is 1. The summed E-state index contributed by atoms with van der Waals surface area (Å²) in [4.78, 5) is 25.8. The van der Waals surface area contributed by atoms with Crippen LogP contribution < -0.4 is 0 Å². The fraction of sp³-hybridized carbons (Fsp3) is 0.0714. The lowest BCUT2D eigenvalue weighted by molar-refractivity contribution is 0.101. The molecule has 3 heteroatoms. The lowest BCUT2D eigenvalue weighted by Crippen LogP contribution is -1.95. The molecule has 0 saturated carbocycles. The number of hydrogen-bond acceptors (Lipinski definition) is 3. The van der Waals surface area contributed by atoms with E-state index in [-0.39, 0.29) is 5.78 Å². The van der Waals surface area contributed by atoms with Crippen LogP contribution >= 0.6 is 0 Å². The molecule has 0 aliphatic heterocycles. The molecule has 0 unspecified atom stereocenters. The first kappa shape index (κ1) is 11.2. The van der Waals surface area contributed by atoms with Gasteiger partial charge in [-0.25, -0.2) is 0 Å². The second-order valence-electron chi connectivity index (χ2n) is 3.73. The monoisotopic (exact) mass is 225 g/mol. The maximum absolute atomic E-state index is 11.1. The maximum Gasteiger partial charge on any atom is 0.178 e.